The number of piperidine rings is 1. The molecule has 0 spiro atoms. The Kier molecular flexibility index (Phi) is 5.07. The van der Waals surface area contributed by atoms with E-state index in [4.69, 9.17) is 0 Å². The Morgan fingerprint density at radius 3 is 2.71 bits per heavy atom. The average Bonchev–Trinajstić information content (AvgIpc) is 2.93. The summed E-state index contributed by atoms with van der Waals surface area (Å²) in [6.45, 7) is 9.62. The van der Waals surface area contributed by atoms with Crippen molar-refractivity contribution in [1.29, 1.82) is 0 Å². The molecule has 2 aromatic rings. The number of likely N-dealkylation sites (tertiary alicyclic amines) is 1. The van der Waals surface area contributed by atoms with Crippen molar-refractivity contribution in [2.75, 3.05) is 19.7 Å². The summed E-state index contributed by atoms with van der Waals surface area (Å²) in [5, 5.41) is 14.5. The second-order valence-electron chi connectivity index (χ2n) is 7.29. The number of aromatic nitrogens is 2. The van der Waals surface area contributed by atoms with Crippen molar-refractivity contribution in [3.63, 3.8) is 0 Å². The van der Waals surface area contributed by atoms with Crippen molar-refractivity contribution in [3.8, 4) is 5.69 Å². The first kappa shape index (κ1) is 17.2. The first-order chi connectivity index (χ1) is 11.6. The zero-order valence-corrected chi connectivity index (χ0v) is 15.1. The number of aliphatic hydroxyl groups is 1. The fourth-order valence-corrected chi connectivity index (χ4v) is 3.94. The first-order valence-corrected chi connectivity index (χ1v) is 9.02. The molecule has 1 atom stereocenters. The van der Waals surface area contributed by atoms with Gasteiger partial charge >= 0.3 is 0 Å². The standard InChI is InChI=1S/C20H29N3O/c1-4-20(15-24)10-7-11-22(14-20)13-18-8-5-6-9-19(18)23-17(3)12-16(2)21-23/h5-6,8-9,12,24H,4,7,10-11,13-15H2,1-3H3/t20-/m0/s1. The van der Waals surface area contributed by atoms with Crippen LogP contribution in [0.3, 0.4) is 0 Å². The van der Waals surface area contributed by atoms with E-state index in [1.165, 1.54) is 11.3 Å². The van der Waals surface area contributed by atoms with E-state index in [1.807, 2.05) is 11.6 Å². The lowest BCUT2D eigenvalue weighted by molar-refractivity contribution is 0.0258. The van der Waals surface area contributed by atoms with Crippen LogP contribution in [-0.4, -0.2) is 39.5 Å². The molecule has 24 heavy (non-hydrogen) atoms. The lowest BCUT2D eigenvalue weighted by Crippen LogP contribution is -2.44. The number of aryl methyl sites for hydroxylation is 2. The molecular weight excluding hydrogens is 298 g/mol. The molecular formula is C20H29N3O. The van der Waals surface area contributed by atoms with E-state index < -0.39 is 0 Å². The van der Waals surface area contributed by atoms with Gasteiger partial charge < -0.3 is 5.11 Å². The predicted octanol–water partition coefficient (Wildman–Crippen LogP) is 3.47. The van der Waals surface area contributed by atoms with Crippen LogP contribution in [0.5, 0.6) is 0 Å². The Balaban J connectivity index is 1.85. The monoisotopic (exact) mass is 327 g/mol. The molecule has 0 saturated carbocycles. The van der Waals surface area contributed by atoms with Crippen molar-refractivity contribution in [3.05, 3.63) is 47.3 Å². The SMILES string of the molecule is CC[C@]1(CO)CCCN(Cc2ccccc2-n2nc(C)cc2C)C1. The van der Waals surface area contributed by atoms with Crippen LogP contribution >= 0.6 is 0 Å². The van der Waals surface area contributed by atoms with E-state index in [0.717, 1.165) is 50.3 Å². The fraction of sp³-hybridized carbons (Fsp3) is 0.550. The van der Waals surface area contributed by atoms with Crippen LogP contribution in [0.1, 0.15) is 43.1 Å². The van der Waals surface area contributed by atoms with Crippen molar-refractivity contribution in [2.24, 2.45) is 5.41 Å². The highest BCUT2D eigenvalue weighted by molar-refractivity contribution is 5.42. The summed E-state index contributed by atoms with van der Waals surface area (Å²) in [6.07, 6.45) is 3.34. The molecule has 0 radical (unpaired) electrons. The molecule has 0 unspecified atom stereocenters. The minimum atomic E-state index is 0.0748. The average molecular weight is 327 g/mol. The number of para-hydroxylation sites is 1. The van der Waals surface area contributed by atoms with Crippen molar-refractivity contribution in [2.45, 2.75) is 46.6 Å². The Hall–Kier alpha value is -1.65. The fourth-order valence-electron chi connectivity index (χ4n) is 3.94. The molecule has 1 saturated heterocycles. The van der Waals surface area contributed by atoms with Gasteiger partial charge in [0.25, 0.3) is 0 Å². The minimum Gasteiger partial charge on any atom is -0.396 e. The van der Waals surface area contributed by atoms with Crippen molar-refractivity contribution < 1.29 is 5.11 Å². The zero-order valence-electron chi connectivity index (χ0n) is 15.1. The lowest BCUT2D eigenvalue weighted by atomic mass is 9.78. The van der Waals surface area contributed by atoms with E-state index in [9.17, 15) is 5.11 Å². The Bertz CT molecular complexity index is 688. The molecule has 0 bridgehead atoms. The highest BCUT2D eigenvalue weighted by Gasteiger charge is 2.33. The molecule has 4 heteroatoms. The smallest absolute Gasteiger partial charge is 0.0693 e. The lowest BCUT2D eigenvalue weighted by Gasteiger charge is -2.41. The van der Waals surface area contributed by atoms with Gasteiger partial charge in [-0.05, 0) is 57.4 Å². The van der Waals surface area contributed by atoms with Gasteiger partial charge in [-0.3, -0.25) is 4.90 Å². The third-order valence-electron chi connectivity index (χ3n) is 5.45. The van der Waals surface area contributed by atoms with Gasteiger partial charge in [0.05, 0.1) is 11.4 Å². The van der Waals surface area contributed by atoms with Gasteiger partial charge in [0, 0.05) is 30.8 Å². The maximum atomic E-state index is 9.86. The van der Waals surface area contributed by atoms with Crippen LogP contribution in [0.2, 0.25) is 0 Å². The van der Waals surface area contributed by atoms with Gasteiger partial charge in [0.2, 0.25) is 0 Å². The third kappa shape index (κ3) is 3.40. The number of rotatable bonds is 5. The van der Waals surface area contributed by atoms with Crippen LogP contribution in [0.25, 0.3) is 5.69 Å². The second kappa shape index (κ2) is 7.08. The highest BCUT2D eigenvalue weighted by atomic mass is 16.3. The molecule has 3 rings (SSSR count). The number of benzene rings is 1. The van der Waals surface area contributed by atoms with Gasteiger partial charge in [0.15, 0.2) is 0 Å². The van der Waals surface area contributed by atoms with Crippen LogP contribution in [0.4, 0.5) is 0 Å². The number of hydrogen-bond donors (Lipinski definition) is 1. The molecule has 0 amide bonds. The van der Waals surface area contributed by atoms with Gasteiger partial charge in [0.1, 0.15) is 0 Å². The normalized spacial score (nSPS) is 22.0. The number of nitrogens with zero attached hydrogens (tertiary/aromatic N) is 3. The number of hydrogen-bond acceptors (Lipinski definition) is 3. The zero-order chi connectivity index (χ0) is 17.2. The van der Waals surface area contributed by atoms with Crippen LogP contribution in [0, 0.1) is 19.3 Å². The summed E-state index contributed by atoms with van der Waals surface area (Å²) in [5.41, 5.74) is 4.75. The summed E-state index contributed by atoms with van der Waals surface area (Å²) in [7, 11) is 0. The van der Waals surface area contributed by atoms with Gasteiger partial charge in [-0.2, -0.15) is 5.10 Å². The molecule has 1 aliphatic heterocycles. The quantitative estimate of drug-likeness (QED) is 0.914. The summed E-state index contributed by atoms with van der Waals surface area (Å²) in [6, 6.07) is 10.7. The number of aliphatic hydroxyl groups excluding tert-OH is 1. The predicted molar refractivity (Wildman–Crippen MR) is 97.4 cm³/mol. The van der Waals surface area contributed by atoms with Crippen LogP contribution in [-0.2, 0) is 6.54 Å². The van der Waals surface area contributed by atoms with Crippen molar-refractivity contribution in [1.82, 2.24) is 14.7 Å². The molecule has 1 fully saturated rings. The minimum absolute atomic E-state index is 0.0748. The summed E-state index contributed by atoms with van der Waals surface area (Å²) in [5.74, 6) is 0. The van der Waals surface area contributed by atoms with E-state index in [1.54, 1.807) is 0 Å². The van der Waals surface area contributed by atoms with Crippen molar-refractivity contribution >= 4 is 0 Å². The highest BCUT2D eigenvalue weighted by Crippen LogP contribution is 2.33. The first-order valence-electron chi connectivity index (χ1n) is 9.02. The van der Waals surface area contributed by atoms with Gasteiger partial charge in [-0.1, -0.05) is 25.1 Å². The van der Waals surface area contributed by atoms with E-state index in [0.29, 0.717) is 6.61 Å². The molecule has 0 aliphatic carbocycles. The van der Waals surface area contributed by atoms with E-state index >= 15 is 0 Å². The van der Waals surface area contributed by atoms with Gasteiger partial charge in [-0.25, -0.2) is 4.68 Å². The van der Waals surface area contributed by atoms with Crippen LogP contribution < -0.4 is 0 Å². The summed E-state index contributed by atoms with van der Waals surface area (Å²) >= 11 is 0. The molecule has 1 aromatic carbocycles. The Labute approximate surface area is 145 Å². The second-order valence-corrected chi connectivity index (χ2v) is 7.29. The Morgan fingerprint density at radius 2 is 2.04 bits per heavy atom. The Morgan fingerprint density at radius 1 is 1.25 bits per heavy atom. The molecule has 1 aromatic heterocycles. The van der Waals surface area contributed by atoms with E-state index in [2.05, 4.69) is 54.2 Å². The summed E-state index contributed by atoms with van der Waals surface area (Å²) in [4.78, 5) is 2.49. The largest absolute Gasteiger partial charge is 0.396 e. The molecule has 2 heterocycles. The maximum Gasteiger partial charge on any atom is 0.0693 e. The summed E-state index contributed by atoms with van der Waals surface area (Å²) < 4.78 is 2.05. The maximum absolute atomic E-state index is 9.86. The molecule has 4 nitrogen and oxygen atoms in total. The molecule has 130 valence electrons. The third-order valence-corrected chi connectivity index (χ3v) is 5.45. The van der Waals surface area contributed by atoms with Crippen LogP contribution in [0.15, 0.2) is 30.3 Å². The molecule has 1 aliphatic rings. The molecule has 1 N–H and O–H groups in total. The van der Waals surface area contributed by atoms with Gasteiger partial charge in [-0.15, -0.1) is 0 Å². The topological polar surface area (TPSA) is 41.3 Å². The van der Waals surface area contributed by atoms with E-state index in [-0.39, 0.29) is 5.41 Å².